The van der Waals surface area contributed by atoms with E-state index < -0.39 is 13.0 Å². The molecular weight excluding hydrogens is 146 g/mol. The van der Waals surface area contributed by atoms with Crippen molar-refractivity contribution in [3.63, 3.8) is 0 Å². The number of hydrogen-bond acceptors (Lipinski definition) is 2. The molecule has 0 aliphatic rings. The van der Waals surface area contributed by atoms with Gasteiger partial charge in [0.2, 0.25) is 6.35 Å². The molecule has 0 fully saturated rings. The Bertz CT molecular complexity index is 98.6. The van der Waals surface area contributed by atoms with E-state index in [0.29, 0.717) is 6.35 Å². The van der Waals surface area contributed by atoms with Gasteiger partial charge in [0.15, 0.2) is 0 Å². The van der Waals surface area contributed by atoms with E-state index in [9.17, 15) is 4.79 Å². The molecule has 0 aliphatic carbocycles. The Morgan fingerprint density at radius 1 is 2.00 bits per heavy atom. The lowest BCUT2D eigenvalue weighted by Gasteiger charge is -1.87. The molecule has 0 amide bonds. The molecule has 0 saturated heterocycles. The average molecular weight is 154 g/mol. The highest BCUT2D eigenvalue weighted by atomic mass is 35.5. The molecule has 0 aromatic heterocycles. The normalized spacial score (nSPS) is 10.5. The summed E-state index contributed by atoms with van der Waals surface area (Å²) in [5, 5.41) is 0. The smallest absolute Gasteiger partial charge is 0.407 e. The third kappa shape index (κ3) is 5.93. The van der Waals surface area contributed by atoms with Gasteiger partial charge in [-0.15, -0.1) is 0 Å². The zero-order valence-electron chi connectivity index (χ0n) is 4.56. The fourth-order valence-corrected chi connectivity index (χ4v) is 0.629. The van der Waals surface area contributed by atoms with Crippen LogP contribution in [0.4, 0.5) is 4.79 Å². The topological polar surface area (TPSA) is 26.3 Å². The van der Waals surface area contributed by atoms with Crippen molar-refractivity contribution in [2.45, 2.75) is 0 Å². The standard InChI is InChI=1S/C4H7ClO2P/c1-8(2)3-7-4(5)6/h1,3H2,2H3/q+1. The minimum Gasteiger partial charge on any atom is -0.411 e. The van der Waals surface area contributed by atoms with Gasteiger partial charge in [-0.3, -0.25) is 0 Å². The summed E-state index contributed by atoms with van der Waals surface area (Å²) >= 11 is 4.84. The fourth-order valence-electron chi connectivity index (χ4n) is 0.161. The lowest BCUT2D eigenvalue weighted by atomic mass is 11.5. The highest BCUT2D eigenvalue weighted by Crippen LogP contribution is 2.12. The third-order valence-electron chi connectivity index (χ3n) is 0.398. The van der Waals surface area contributed by atoms with Crippen molar-refractivity contribution in [3.8, 4) is 0 Å². The van der Waals surface area contributed by atoms with Crippen LogP contribution in [0.5, 0.6) is 0 Å². The predicted molar refractivity (Wildman–Crippen MR) is 37.2 cm³/mol. The van der Waals surface area contributed by atoms with Crippen LogP contribution >= 0.6 is 19.1 Å². The summed E-state index contributed by atoms with van der Waals surface area (Å²) in [4.78, 5) is 9.87. The molecule has 0 heterocycles. The highest BCUT2D eigenvalue weighted by Gasteiger charge is 1.99. The first-order valence-electron chi connectivity index (χ1n) is 1.97. The first kappa shape index (κ1) is 7.93. The third-order valence-corrected chi connectivity index (χ3v) is 1.08. The Balaban J connectivity index is 3.18. The van der Waals surface area contributed by atoms with Gasteiger partial charge < -0.3 is 4.74 Å². The van der Waals surface area contributed by atoms with E-state index in [1.807, 2.05) is 6.66 Å². The quantitative estimate of drug-likeness (QED) is 0.447. The van der Waals surface area contributed by atoms with Crippen LogP contribution in [0.15, 0.2) is 0 Å². The molecule has 0 aliphatic heterocycles. The average Bonchev–Trinajstić information content (AvgIpc) is 1.61. The van der Waals surface area contributed by atoms with Gasteiger partial charge in [0.05, 0.1) is 13.0 Å². The van der Waals surface area contributed by atoms with Gasteiger partial charge in [0, 0.05) is 11.6 Å². The minimum atomic E-state index is -0.747. The van der Waals surface area contributed by atoms with Crippen molar-refractivity contribution < 1.29 is 9.53 Å². The summed E-state index contributed by atoms with van der Waals surface area (Å²) in [7, 11) is -0.410. The van der Waals surface area contributed by atoms with Gasteiger partial charge in [-0.1, -0.05) is 0 Å². The zero-order valence-corrected chi connectivity index (χ0v) is 6.21. The molecule has 1 unspecified atom stereocenters. The van der Waals surface area contributed by atoms with E-state index in [1.165, 1.54) is 0 Å². The molecule has 0 bridgehead atoms. The molecule has 0 aromatic carbocycles. The van der Waals surface area contributed by atoms with E-state index in [4.69, 9.17) is 11.6 Å². The van der Waals surface area contributed by atoms with Crippen molar-refractivity contribution in [1.29, 1.82) is 0 Å². The van der Waals surface area contributed by atoms with Crippen LogP contribution < -0.4 is 0 Å². The maximum atomic E-state index is 9.87. The molecule has 0 rings (SSSR count). The molecule has 0 spiro atoms. The largest absolute Gasteiger partial charge is 0.411 e. The molecule has 2 nitrogen and oxygen atoms in total. The second kappa shape index (κ2) is 3.88. The van der Waals surface area contributed by atoms with E-state index >= 15 is 0 Å². The van der Waals surface area contributed by atoms with Crippen molar-refractivity contribution >= 4 is 30.9 Å². The Morgan fingerprint density at radius 3 is 2.62 bits per heavy atom. The maximum Gasteiger partial charge on any atom is 0.407 e. The van der Waals surface area contributed by atoms with E-state index in [-0.39, 0.29) is 0 Å². The summed E-state index contributed by atoms with van der Waals surface area (Å²) in [6.07, 6.45) is 4.00. The van der Waals surface area contributed by atoms with Gasteiger partial charge in [-0.05, 0) is 0 Å². The van der Waals surface area contributed by atoms with E-state index in [1.54, 1.807) is 0 Å². The number of carbonyl (C=O) groups excluding carboxylic acids is 1. The van der Waals surface area contributed by atoms with Gasteiger partial charge in [0.1, 0.15) is 7.55 Å². The molecule has 0 aromatic rings. The van der Waals surface area contributed by atoms with Crippen molar-refractivity contribution in [2.75, 3.05) is 13.0 Å². The second-order valence-electron chi connectivity index (χ2n) is 1.37. The molecule has 0 N–H and O–H groups in total. The predicted octanol–water partition coefficient (Wildman–Crippen LogP) is 1.86. The van der Waals surface area contributed by atoms with E-state index in [2.05, 4.69) is 11.0 Å². The van der Waals surface area contributed by atoms with Crippen LogP contribution in [0.25, 0.3) is 0 Å². The van der Waals surface area contributed by atoms with Crippen LogP contribution in [-0.4, -0.2) is 24.7 Å². The first-order chi connectivity index (χ1) is 3.63. The monoisotopic (exact) mass is 153 g/mol. The molecule has 0 saturated carbocycles. The summed E-state index contributed by atoms with van der Waals surface area (Å²) in [6, 6.07) is 0. The molecular formula is C4H7ClO2P+. The Hall–Kier alpha value is -0.0700. The van der Waals surface area contributed by atoms with Gasteiger partial charge >= 0.3 is 5.43 Å². The molecule has 1 atom stereocenters. The molecule has 46 valence electrons. The molecule has 0 radical (unpaired) electrons. The molecule has 4 heteroatoms. The number of carbonyl (C=O) groups is 1. The van der Waals surface area contributed by atoms with Gasteiger partial charge in [-0.25, -0.2) is 4.79 Å². The lowest BCUT2D eigenvalue weighted by molar-refractivity contribution is 0.193. The van der Waals surface area contributed by atoms with Gasteiger partial charge in [0.25, 0.3) is 0 Å². The van der Waals surface area contributed by atoms with Gasteiger partial charge in [-0.2, -0.15) is 0 Å². The van der Waals surface area contributed by atoms with Crippen LogP contribution in [0, 0.1) is 0 Å². The summed E-state index contributed by atoms with van der Waals surface area (Å²) in [6.45, 7) is 1.90. The molecule has 8 heavy (non-hydrogen) atoms. The summed E-state index contributed by atoms with van der Waals surface area (Å²) in [5.41, 5.74) is -0.747. The number of ether oxygens (including phenoxy) is 1. The van der Waals surface area contributed by atoms with Crippen molar-refractivity contribution in [3.05, 3.63) is 0 Å². The Kier molecular flexibility index (Phi) is 3.84. The summed E-state index contributed by atoms with van der Waals surface area (Å²) < 4.78 is 4.40. The number of hydrogen-bond donors (Lipinski definition) is 0. The summed E-state index contributed by atoms with van der Waals surface area (Å²) in [5.74, 6) is 0. The van der Waals surface area contributed by atoms with Crippen molar-refractivity contribution in [2.24, 2.45) is 0 Å². The van der Waals surface area contributed by atoms with Crippen LogP contribution in [-0.2, 0) is 4.74 Å². The van der Waals surface area contributed by atoms with Crippen LogP contribution in [0.1, 0.15) is 0 Å². The SMILES string of the molecule is C=[P+](C)COC(=O)Cl. The Morgan fingerprint density at radius 2 is 2.50 bits per heavy atom. The number of rotatable bonds is 2. The maximum absolute atomic E-state index is 9.87. The first-order valence-corrected chi connectivity index (χ1v) is 4.50. The van der Waals surface area contributed by atoms with E-state index in [0.717, 1.165) is 0 Å². The number of halogens is 1. The zero-order chi connectivity index (χ0) is 6.57. The van der Waals surface area contributed by atoms with Crippen molar-refractivity contribution in [1.82, 2.24) is 0 Å². The second-order valence-corrected chi connectivity index (χ2v) is 3.65. The Labute approximate surface area is 54.2 Å². The lowest BCUT2D eigenvalue weighted by Crippen LogP contribution is -1.90. The minimum absolute atomic E-state index is 0.359. The highest BCUT2D eigenvalue weighted by molar-refractivity contribution is 7.54. The van der Waals surface area contributed by atoms with Crippen LogP contribution in [0.2, 0.25) is 0 Å². The van der Waals surface area contributed by atoms with Crippen LogP contribution in [0.3, 0.4) is 0 Å². The fraction of sp³-hybridized carbons (Fsp3) is 0.500.